The van der Waals surface area contributed by atoms with Crippen LogP contribution in [0.5, 0.6) is 11.5 Å². The minimum absolute atomic E-state index is 0.268. The highest BCUT2D eigenvalue weighted by Gasteiger charge is 2.14. The van der Waals surface area contributed by atoms with E-state index >= 15 is 0 Å². The van der Waals surface area contributed by atoms with Crippen LogP contribution < -0.4 is 0 Å². The zero-order valence-electron chi connectivity index (χ0n) is 39.1. The highest BCUT2D eigenvalue weighted by atomic mass is 16.3. The molecule has 0 aliphatic carbocycles. The molecule has 0 saturated heterocycles. The van der Waals surface area contributed by atoms with Crippen molar-refractivity contribution in [3.8, 4) is 11.5 Å². The summed E-state index contributed by atoms with van der Waals surface area (Å²) in [7, 11) is 0. The second-order valence-corrected chi connectivity index (χ2v) is 17.9. The Hall–Kier alpha value is -3.52. The number of benzene rings is 2. The lowest BCUT2D eigenvalue weighted by Gasteiger charge is -2.27. The van der Waals surface area contributed by atoms with Gasteiger partial charge >= 0.3 is 0 Å². The van der Waals surface area contributed by atoms with Crippen LogP contribution in [-0.4, -0.2) is 10.2 Å². The van der Waals surface area contributed by atoms with Crippen LogP contribution in [0.2, 0.25) is 0 Å². The summed E-state index contributed by atoms with van der Waals surface area (Å²) >= 11 is 0. The summed E-state index contributed by atoms with van der Waals surface area (Å²) in [5, 5.41) is 23.0. The topological polar surface area (TPSA) is 40.5 Å². The maximum Gasteiger partial charge on any atom is 0.127 e. The van der Waals surface area contributed by atoms with E-state index in [1.165, 1.54) is 84.0 Å². The van der Waals surface area contributed by atoms with Gasteiger partial charge in [0.1, 0.15) is 11.5 Å². The molecule has 0 aromatic heterocycles. The van der Waals surface area contributed by atoms with Crippen LogP contribution in [0, 0.1) is 31.6 Å². The fourth-order valence-corrected chi connectivity index (χ4v) is 7.56. The van der Waals surface area contributed by atoms with Gasteiger partial charge in [0.2, 0.25) is 0 Å². The Bertz CT molecular complexity index is 1730. The first-order chi connectivity index (χ1) is 27.7. The molecule has 0 bridgehead atoms. The third-order valence-corrected chi connectivity index (χ3v) is 11.8. The molecule has 322 valence electrons. The lowest BCUT2D eigenvalue weighted by molar-refractivity contribution is 0.461. The summed E-state index contributed by atoms with van der Waals surface area (Å²) in [5.74, 6) is 1.97. The van der Waals surface area contributed by atoms with Gasteiger partial charge in [-0.2, -0.15) is 24.7 Å². The summed E-state index contributed by atoms with van der Waals surface area (Å²) in [4.78, 5) is 0. The van der Waals surface area contributed by atoms with Gasteiger partial charge in [0, 0.05) is 16.3 Å². The third-order valence-electron chi connectivity index (χ3n) is 11.8. The molecule has 0 amide bonds. The van der Waals surface area contributed by atoms with Crippen molar-refractivity contribution in [2.75, 3.05) is 0 Å². The number of hydrogen-bond donors (Lipinski definition) is 2. The molecule has 0 heterocycles. The molecular weight excluding hydrogens is 705 g/mol. The average molecular weight is 789 g/mol. The summed E-state index contributed by atoms with van der Waals surface area (Å²) in [6, 6.07) is 7.51. The molecule has 0 aliphatic rings. The van der Waals surface area contributed by atoms with Gasteiger partial charge in [0.05, 0.1) is 0 Å². The van der Waals surface area contributed by atoms with Crippen molar-refractivity contribution in [2.24, 2.45) is 11.8 Å². The largest absolute Gasteiger partial charge is 0.507 e. The van der Waals surface area contributed by atoms with Gasteiger partial charge in [-0.25, -0.2) is 0 Å². The molecule has 0 radical (unpaired) electrons. The average Bonchev–Trinajstić information content (AvgIpc) is 3.17. The minimum atomic E-state index is 0.268. The molecular formula is C56H84O2-2. The molecule has 2 rings (SSSR count). The summed E-state index contributed by atoms with van der Waals surface area (Å²) in [6.07, 6.45) is 40.9. The Morgan fingerprint density at radius 2 is 0.897 bits per heavy atom. The van der Waals surface area contributed by atoms with Crippen molar-refractivity contribution in [2.45, 2.75) is 185 Å². The Morgan fingerprint density at radius 1 is 0.500 bits per heavy atom. The summed E-state index contributed by atoms with van der Waals surface area (Å²) in [6.45, 7) is 24.6. The number of aromatic hydroxyl groups is 2. The van der Waals surface area contributed by atoms with Crippen LogP contribution in [0.25, 0.3) is 10.8 Å². The Balaban J connectivity index is 1.58. The fraction of sp³-hybridized carbons (Fsp3) is 0.536. The van der Waals surface area contributed by atoms with Gasteiger partial charge < -0.3 is 23.1 Å². The van der Waals surface area contributed by atoms with Gasteiger partial charge in [-0.3, -0.25) is 0 Å². The smallest absolute Gasteiger partial charge is 0.127 e. The van der Waals surface area contributed by atoms with E-state index in [4.69, 9.17) is 0 Å². The molecule has 2 nitrogen and oxygen atoms in total. The van der Waals surface area contributed by atoms with Gasteiger partial charge in [0.25, 0.3) is 0 Å². The molecule has 2 N–H and O–H groups in total. The Morgan fingerprint density at radius 3 is 1.36 bits per heavy atom. The Labute approximate surface area is 358 Å². The first-order valence-electron chi connectivity index (χ1n) is 22.8. The molecule has 0 spiro atoms. The number of phenolic OH excluding ortho intramolecular Hbond substituents is 2. The number of hydrogen-bond acceptors (Lipinski definition) is 2. The van der Waals surface area contributed by atoms with Crippen molar-refractivity contribution < 1.29 is 10.2 Å². The highest BCUT2D eigenvalue weighted by molar-refractivity contribution is 5.95. The number of rotatable bonds is 28. The van der Waals surface area contributed by atoms with Crippen LogP contribution in [0.1, 0.15) is 183 Å². The summed E-state index contributed by atoms with van der Waals surface area (Å²) < 4.78 is 0. The van der Waals surface area contributed by atoms with E-state index in [9.17, 15) is 10.2 Å². The Kier molecular flexibility index (Phi) is 25.2. The second-order valence-electron chi connectivity index (χ2n) is 17.9. The maximum atomic E-state index is 10.9. The lowest BCUT2D eigenvalue weighted by Crippen LogP contribution is -2.00. The third kappa shape index (κ3) is 21.5. The molecule has 2 heteroatoms. The monoisotopic (exact) mass is 789 g/mol. The van der Waals surface area contributed by atoms with Crippen LogP contribution in [0.3, 0.4) is 0 Å². The van der Waals surface area contributed by atoms with E-state index in [1.807, 2.05) is 31.2 Å². The number of phenols is 2. The molecule has 2 unspecified atom stereocenters. The standard InChI is InChI=1S/C56H84O2/c1-42(2)22-14-23-43(3)24-15-25-44(4)26-16-27-45(5)28-17-29-46(6)30-18-31-47(7)32-19-33-48(8)34-20-35-49(9)36-21-37-50(10)40-41-52-51(11)55(57)53-38-12-13-39-54(53)56(52)58/h12-13,22,24,26,28,30,32,34,36,38-40,43-44,57-58H,14-21,23,25,27,29,31,33,35,37,41H2,1-11H3/q-2/b45-28+,46-30-,47-32+,48-34+,49-36+,50-40+. The zero-order valence-corrected chi connectivity index (χ0v) is 39.1. The van der Waals surface area contributed by atoms with E-state index in [2.05, 4.69) is 125 Å². The normalized spacial score (nSPS) is 14.7. The van der Waals surface area contributed by atoms with Gasteiger partial charge in [-0.15, -0.1) is 6.42 Å². The van der Waals surface area contributed by atoms with Crippen LogP contribution >= 0.6 is 0 Å². The van der Waals surface area contributed by atoms with Gasteiger partial charge in [-0.05, 0) is 145 Å². The van der Waals surface area contributed by atoms with Crippen LogP contribution in [0.15, 0.2) is 106 Å². The van der Waals surface area contributed by atoms with Crippen LogP contribution in [-0.2, 0) is 6.42 Å². The molecule has 2 atom stereocenters. The van der Waals surface area contributed by atoms with Crippen molar-refractivity contribution in [1.82, 2.24) is 0 Å². The number of allylic oxidation sites excluding steroid dienone is 14. The molecule has 58 heavy (non-hydrogen) atoms. The predicted molar refractivity (Wildman–Crippen MR) is 258 cm³/mol. The second kappa shape index (κ2) is 28.8. The zero-order chi connectivity index (χ0) is 42.9. The molecule has 0 fully saturated rings. The maximum absolute atomic E-state index is 10.9. The minimum Gasteiger partial charge on any atom is -0.507 e. The lowest BCUT2D eigenvalue weighted by atomic mass is 9.92. The summed E-state index contributed by atoms with van der Waals surface area (Å²) in [5.41, 5.74) is 11.8. The molecule has 0 saturated carbocycles. The predicted octanol–water partition coefficient (Wildman–Crippen LogP) is 17.7. The van der Waals surface area contributed by atoms with E-state index < -0.39 is 0 Å². The van der Waals surface area contributed by atoms with Crippen molar-refractivity contribution >= 4 is 10.8 Å². The van der Waals surface area contributed by atoms with E-state index in [0.717, 1.165) is 74.8 Å². The molecule has 0 aliphatic heterocycles. The van der Waals surface area contributed by atoms with Crippen molar-refractivity contribution in [3.63, 3.8) is 0 Å². The first-order valence-corrected chi connectivity index (χ1v) is 22.8. The van der Waals surface area contributed by atoms with Crippen molar-refractivity contribution in [1.29, 1.82) is 0 Å². The highest BCUT2D eigenvalue weighted by Crippen LogP contribution is 2.39. The molecule has 2 aromatic rings. The molecule has 2 aromatic carbocycles. The van der Waals surface area contributed by atoms with Gasteiger partial charge in [-0.1, -0.05) is 132 Å². The van der Waals surface area contributed by atoms with Gasteiger partial charge in [0.15, 0.2) is 0 Å². The van der Waals surface area contributed by atoms with E-state index in [0.29, 0.717) is 23.1 Å². The van der Waals surface area contributed by atoms with E-state index in [-0.39, 0.29) is 11.5 Å². The van der Waals surface area contributed by atoms with Crippen molar-refractivity contribution in [3.05, 3.63) is 130 Å². The SMILES string of the molecule is CC(C)=CCCC(C)[CH-]CCC(C)[CH-]CC/C(C)=C/CC/C(C)=C\CC/C(C)=C/CC/C(C)=C/CC/C(C)=C/CC/C(C)=C/Cc1c(C)c(O)c2ccccc2c1O. The number of fused-ring (bicyclic) bond motifs is 1. The fourth-order valence-electron chi connectivity index (χ4n) is 7.56. The first kappa shape index (κ1) is 50.6. The van der Waals surface area contributed by atoms with E-state index in [1.54, 1.807) is 0 Å². The van der Waals surface area contributed by atoms with Crippen LogP contribution in [0.4, 0.5) is 0 Å². The quantitative estimate of drug-likeness (QED) is 0.0512.